The summed E-state index contributed by atoms with van der Waals surface area (Å²) in [6.07, 6.45) is 3.49. The zero-order valence-corrected chi connectivity index (χ0v) is 14.2. The topological polar surface area (TPSA) is 26.8 Å². The molecular weight excluding hydrogens is 310 g/mol. The van der Waals surface area contributed by atoms with Gasteiger partial charge < -0.3 is 9.80 Å². The third-order valence-electron chi connectivity index (χ3n) is 3.98. The van der Waals surface area contributed by atoms with E-state index in [4.69, 9.17) is 11.6 Å². The van der Waals surface area contributed by atoms with E-state index >= 15 is 0 Å². The standard InChI is InChI=1S/C18H24ClN3O/c1-3-9-22(10-4-2)18(23)15-20-11-13-21(14-12-20)17-8-6-5-7-16(17)19/h3-8H,1-2,9-15H2. The molecule has 124 valence electrons. The van der Waals surface area contributed by atoms with Gasteiger partial charge in [-0.2, -0.15) is 0 Å². The number of piperazine rings is 1. The Kier molecular flexibility index (Phi) is 6.68. The maximum atomic E-state index is 12.4. The van der Waals surface area contributed by atoms with Crippen LogP contribution in [0.25, 0.3) is 0 Å². The van der Waals surface area contributed by atoms with Crippen molar-refractivity contribution in [3.63, 3.8) is 0 Å². The molecule has 1 amide bonds. The van der Waals surface area contributed by atoms with Crippen molar-refractivity contribution < 1.29 is 4.79 Å². The molecule has 1 heterocycles. The van der Waals surface area contributed by atoms with Crippen molar-refractivity contribution in [3.8, 4) is 0 Å². The van der Waals surface area contributed by atoms with E-state index in [1.165, 1.54) is 0 Å². The fourth-order valence-corrected chi connectivity index (χ4v) is 2.99. The molecule has 0 unspecified atom stereocenters. The zero-order valence-electron chi connectivity index (χ0n) is 13.5. The minimum Gasteiger partial charge on any atom is -0.368 e. The Morgan fingerprint density at radius 2 is 1.74 bits per heavy atom. The van der Waals surface area contributed by atoms with Crippen LogP contribution in [0.1, 0.15) is 0 Å². The van der Waals surface area contributed by atoms with Gasteiger partial charge in [-0.15, -0.1) is 13.2 Å². The van der Waals surface area contributed by atoms with Gasteiger partial charge in [0.2, 0.25) is 5.91 Å². The summed E-state index contributed by atoms with van der Waals surface area (Å²) < 4.78 is 0. The lowest BCUT2D eigenvalue weighted by Crippen LogP contribution is -2.50. The monoisotopic (exact) mass is 333 g/mol. The molecule has 2 rings (SSSR count). The number of carbonyl (C=O) groups is 1. The van der Waals surface area contributed by atoms with E-state index in [0.29, 0.717) is 19.6 Å². The predicted molar refractivity (Wildman–Crippen MR) is 97.1 cm³/mol. The molecule has 1 aliphatic rings. The Labute approximate surface area is 143 Å². The quantitative estimate of drug-likeness (QED) is 0.718. The minimum absolute atomic E-state index is 0.121. The lowest BCUT2D eigenvalue weighted by molar-refractivity contribution is -0.131. The highest BCUT2D eigenvalue weighted by atomic mass is 35.5. The number of benzene rings is 1. The molecule has 0 radical (unpaired) electrons. The Bertz CT molecular complexity index is 543. The number of hydrogen-bond acceptors (Lipinski definition) is 3. The minimum atomic E-state index is 0.121. The number of halogens is 1. The first-order chi connectivity index (χ1) is 11.2. The normalized spacial score (nSPS) is 15.3. The predicted octanol–water partition coefficient (Wildman–Crippen LogP) is 2.66. The fourth-order valence-electron chi connectivity index (χ4n) is 2.74. The van der Waals surface area contributed by atoms with Crippen molar-refractivity contribution >= 4 is 23.2 Å². The van der Waals surface area contributed by atoms with Crippen LogP contribution >= 0.6 is 11.6 Å². The average molecular weight is 334 g/mol. The molecule has 1 saturated heterocycles. The second-order valence-electron chi connectivity index (χ2n) is 5.59. The van der Waals surface area contributed by atoms with Crippen LogP contribution in [0.2, 0.25) is 5.02 Å². The van der Waals surface area contributed by atoms with Crippen LogP contribution in [0.4, 0.5) is 5.69 Å². The third-order valence-corrected chi connectivity index (χ3v) is 4.30. The van der Waals surface area contributed by atoms with Gasteiger partial charge in [0.1, 0.15) is 0 Å². The Balaban J connectivity index is 1.87. The first-order valence-corrected chi connectivity index (χ1v) is 8.25. The van der Waals surface area contributed by atoms with E-state index in [0.717, 1.165) is 36.9 Å². The fraction of sp³-hybridized carbons (Fsp3) is 0.389. The molecule has 0 spiro atoms. The summed E-state index contributed by atoms with van der Waals surface area (Å²) in [6, 6.07) is 7.89. The summed E-state index contributed by atoms with van der Waals surface area (Å²) >= 11 is 6.25. The number of hydrogen-bond donors (Lipinski definition) is 0. The number of para-hydroxylation sites is 1. The van der Waals surface area contributed by atoms with E-state index in [2.05, 4.69) is 23.0 Å². The van der Waals surface area contributed by atoms with Crippen molar-refractivity contribution in [2.45, 2.75) is 0 Å². The highest BCUT2D eigenvalue weighted by Gasteiger charge is 2.22. The number of rotatable bonds is 7. The molecule has 1 aromatic carbocycles. The smallest absolute Gasteiger partial charge is 0.237 e. The van der Waals surface area contributed by atoms with Gasteiger partial charge in [-0.3, -0.25) is 9.69 Å². The maximum absolute atomic E-state index is 12.4. The van der Waals surface area contributed by atoms with Gasteiger partial charge in [0.05, 0.1) is 17.3 Å². The summed E-state index contributed by atoms with van der Waals surface area (Å²) in [6.45, 7) is 12.4. The Hall–Kier alpha value is -1.78. The van der Waals surface area contributed by atoms with Crippen LogP contribution in [-0.4, -0.2) is 61.5 Å². The molecule has 0 aliphatic carbocycles. The van der Waals surface area contributed by atoms with Crippen LogP contribution in [0.5, 0.6) is 0 Å². The van der Waals surface area contributed by atoms with Crippen LogP contribution in [0.15, 0.2) is 49.6 Å². The van der Waals surface area contributed by atoms with Gasteiger partial charge in [-0.1, -0.05) is 35.9 Å². The summed E-state index contributed by atoms with van der Waals surface area (Å²) in [5.41, 5.74) is 1.07. The van der Waals surface area contributed by atoms with Gasteiger partial charge in [-0.25, -0.2) is 0 Å². The maximum Gasteiger partial charge on any atom is 0.237 e. The Morgan fingerprint density at radius 3 is 2.30 bits per heavy atom. The first kappa shape index (κ1) is 17.6. The molecule has 4 nitrogen and oxygen atoms in total. The summed E-state index contributed by atoms with van der Waals surface area (Å²) in [5.74, 6) is 0.121. The third kappa shape index (κ3) is 4.85. The van der Waals surface area contributed by atoms with Gasteiger partial charge in [0.15, 0.2) is 0 Å². The summed E-state index contributed by atoms with van der Waals surface area (Å²) in [7, 11) is 0. The summed E-state index contributed by atoms with van der Waals surface area (Å²) in [4.78, 5) is 18.6. The van der Waals surface area contributed by atoms with E-state index in [1.54, 1.807) is 17.1 Å². The van der Waals surface area contributed by atoms with Gasteiger partial charge in [0.25, 0.3) is 0 Å². The van der Waals surface area contributed by atoms with Gasteiger partial charge in [0, 0.05) is 39.3 Å². The number of amides is 1. The second kappa shape index (κ2) is 8.75. The largest absolute Gasteiger partial charge is 0.368 e. The molecule has 0 atom stereocenters. The highest BCUT2D eigenvalue weighted by Crippen LogP contribution is 2.25. The van der Waals surface area contributed by atoms with E-state index in [-0.39, 0.29) is 5.91 Å². The van der Waals surface area contributed by atoms with E-state index in [9.17, 15) is 4.79 Å². The molecule has 1 fully saturated rings. The molecule has 0 saturated carbocycles. The van der Waals surface area contributed by atoms with Crippen LogP contribution in [0.3, 0.4) is 0 Å². The molecule has 1 aliphatic heterocycles. The number of nitrogens with zero attached hydrogens (tertiary/aromatic N) is 3. The van der Waals surface area contributed by atoms with E-state index < -0.39 is 0 Å². The SMILES string of the molecule is C=CCN(CC=C)C(=O)CN1CCN(c2ccccc2Cl)CC1. The second-order valence-corrected chi connectivity index (χ2v) is 6.00. The molecule has 0 bridgehead atoms. The van der Waals surface area contributed by atoms with Crippen LogP contribution < -0.4 is 4.90 Å². The first-order valence-electron chi connectivity index (χ1n) is 7.87. The highest BCUT2D eigenvalue weighted by molar-refractivity contribution is 6.33. The number of carbonyl (C=O) groups excluding carboxylic acids is 1. The molecule has 0 aromatic heterocycles. The van der Waals surface area contributed by atoms with Crippen molar-refractivity contribution in [1.82, 2.24) is 9.80 Å². The van der Waals surface area contributed by atoms with E-state index in [1.807, 2.05) is 24.3 Å². The lowest BCUT2D eigenvalue weighted by Gasteiger charge is -2.36. The van der Waals surface area contributed by atoms with Crippen LogP contribution in [-0.2, 0) is 4.79 Å². The lowest BCUT2D eigenvalue weighted by atomic mass is 10.2. The van der Waals surface area contributed by atoms with Crippen molar-refractivity contribution in [2.75, 3.05) is 50.7 Å². The van der Waals surface area contributed by atoms with Crippen molar-refractivity contribution in [1.29, 1.82) is 0 Å². The number of anilines is 1. The summed E-state index contributed by atoms with van der Waals surface area (Å²) in [5, 5.41) is 0.778. The zero-order chi connectivity index (χ0) is 16.7. The Morgan fingerprint density at radius 1 is 1.13 bits per heavy atom. The molecule has 5 heteroatoms. The average Bonchev–Trinajstić information content (AvgIpc) is 2.56. The van der Waals surface area contributed by atoms with Crippen molar-refractivity contribution in [2.24, 2.45) is 0 Å². The molecule has 23 heavy (non-hydrogen) atoms. The van der Waals surface area contributed by atoms with Gasteiger partial charge in [-0.05, 0) is 12.1 Å². The van der Waals surface area contributed by atoms with Gasteiger partial charge >= 0.3 is 0 Å². The molecule has 1 aromatic rings. The van der Waals surface area contributed by atoms with Crippen molar-refractivity contribution in [3.05, 3.63) is 54.6 Å². The molecule has 0 N–H and O–H groups in total. The van der Waals surface area contributed by atoms with Crippen LogP contribution in [0, 0.1) is 0 Å². The molecular formula is C18H24ClN3O.